The second kappa shape index (κ2) is 3.41. The predicted octanol–water partition coefficient (Wildman–Crippen LogP) is 3.41. The summed E-state index contributed by atoms with van der Waals surface area (Å²) in [6, 6.07) is 8.57. The highest BCUT2D eigenvalue weighted by Crippen LogP contribution is 2.21. The molecule has 0 radical (unpaired) electrons. The first-order valence-corrected chi connectivity index (χ1v) is 5.08. The topological polar surface area (TPSA) is 12.9 Å². The molecular formula is C13H15N. The molecule has 1 heteroatoms. The van der Waals surface area contributed by atoms with E-state index < -0.39 is 0 Å². The van der Waals surface area contributed by atoms with Crippen molar-refractivity contribution in [2.45, 2.75) is 27.2 Å². The zero-order chi connectivity index (χ0) is 10.1. The van der Waals surface area contributed by atoms with Crippen molar-refractivity contribution in [3.63, 3.8) is 0 Å². The normalized spacial score (nSPS) is 10.8. The van der Waals surface area contributed by atoms with E-state index in [4.69, 9.17) is 0 Å². The molecule has 0 saturated carbocycles. The van der Waals surface area contributed by atoms with Crippen LogP contribution in [0.25, 0.3) is 10.9 Å². The number of hydrogen-bond acceptors (Lipinski definition) is 1. The number of hydrogen-bond donors (Lipinski definition) is 0. The molecule has 1 nitrogen and oxygen atoms in total. The first-order valence-electron chi connectivity index (χ1n) is 5.08. The SMILES string of the molecule is CCc1cc(C)nc2c(C)cccc12. The molecule has 1 heterocycles. The van der Waals surface area contributed by atoms with Crippen molar-refractivity contribution in [1.29, 1.82) is 0 Å². The standard InChI is InChI=1S/C13H15N/c1-4-11-8-10(3)14-13-9(2)6-5-7-12(11)13/h5-8H,4H2,1-3H3. The number of para-hydroxylation sites is 1. The fraction of sp³-hybridized carbons (Fsp3) is 0.308. The van der Waals surface area contributed by atoms with Crippen LogP contribution in [0.15, 0.2) is 24.3 Å². The number of aryl methyl sites for hydroxylation is 3. The number of nitrogens with zero attached hydrogens (tertiary/aromatic N) is 1. The Kier molecular flexibility index (Phi) is 2.24. The Morgan fingerprint density at radius 1 is 1.21 bits per heavy atom. The summed E-state index contributed by atoms with van der Waals surface area (Å²) in [5, 5.41) is 1.30. The third-order valence-electron chi connectivity index (χ3n) is 2.64. The van der Waals surface area contributed by atoms with Crippen LogP contribution in [0.1, 0.15) is 23.7 Å². The van der Waals surface area contributed by atoms with Crippen LogP contribution in [0.4, 0.5) is 0 Å². The monoisotopic (exact) mass is 185 g/mol. The van der Waals surface area contributed by atoms with E-state index in [1.54, 1.807) is 0 Å². The maximum absolute atomic E-state index is 4.58. The largest absolute Gasteiger partial charge is 0.253 e. The van der Waals surface area contributed by atoms with Crippen LogP contribution in [-0.4, -0.2) is 4.98 Å². The van der Waals surface area contributed by atoms with Crippen LogP contribution < -0.4 is 0 Å². The molecule has 0 bridgehead atoms. The summed E-state index contributed by atoms with van der Waals surface area (Å²) in [5.41, 5.74) is 4.94. The van der Waals surface area contributed by atoms with Crippen LogP contribution in [-0.2, 0) is 6.42 Å². The lowest BCUT2D eigenvalue weighted by molar-refractivity contribution is 1.12. The molecule has 0 N–H and O–H groups in total. The Balaban J connectivity index is 2.87. The van der Waals surface area contributed by atoms with Gasteiger partial charge in [-0.05, 0) is 37.5 Å². The van der Waals surface area contributed by atoms with E-state index in [9.17, 15) is 0 Å². The van der Waals surface area contributed by atoms with E-state index in [0.717, 1.165) is 17.6 Å². The van der Waals surface area contributed by atoms with Crippen molar-refractivity contribution in [2.24, 2.45) is 0 Å². The lowest BCUT2D eigenvalue weighted by Crippen LogP contribution is -1.92. The Morgan fingerprint density at radius 2 is 2.00 bits per heavy atom. The van der Waals surface area contributed by atoms with Gasteiger partial charge in [0.15, 0.2) is 0 Å². The average molecular weight is 185 g/mol. The molecule has 0 atom stereocenters. The second-order valence-corrected chi connectivity index (χ2v) is 3.75. The van der Waals surface area contributed by atoms with Gasteiger partial charge in [-0.1, -0.05) is 25.1 Å². The van der Waals surface area contributed by atoms with E-state index in [1.807, 2.05) is 0 Å². The highest BCUT2D eigenvalue weighted by atomic mass is 14.7. The maximum Gasteiger partial charge on any atom is 0.0737 e. The van der Waals surface area contributed by atoms with Crippen molar-refractivity contribution in [1.82, 2.24) is 4.98 Å². The lowest BCUT2D eigenvalue weighted by Gasteiger charge is -2.07. The van der Waals surface area contributed by atoms with Crippen molar-refractivity contribution in [3.05, 3.63) is 41.1 Å². The van der Waals surface area contributed by atoms with Gasteiger partial charge in [0, 0.05) is 11.1 Å². The zero-order valence-corrected chi connectivity index (χ0v) is 8.96. The molecule has 72 valence electrons. The molecule has 1 aromatic carbocycles. The van der Waals surface area contributed by atoms with Gasteiger partial charge in [0.1, 0.15) is 0 Å². The van der Waals surface area contributed by atoms with Gasteiger partial charge in [-0.2, -0.15) is 0 Å². The molecule has 14 heavy (non-hydrogen) atoms. The Hall–Kier alpha value is -1.37. The van der Waals surface area contributed by atoms with Gasteiger partial charge < -0.3 is 0 Å². The number of benzene rings is 1. The van der Waals surface area contributed by atoms with E-state index in [1.165, 1.54) is 16.5 Å². The Bertz CT molecular complexity index is 472. The summed E-state index contributed by atoms with van der Waals surface area (Å²) in [6.07, 6.45) is 1.07. The average Bonchev–Trinajstić information content (AvgIpc) is 2.18. The number of pyridine rings is 1. The molecule has 0 aliphatic heterocycles. The summed E-state index contributed by atoms with van der Waals surface area (Å²) in [4.78, 5) is 4.58. The minimum Gasteiger partial charge on any atom is -0.253 e. The quantitative estimate of drug-likeness (QED) is 0.663. The van der Waals surface area contributed by atoms with Crippen LogP contribution in [0.5, 0.6) is 0 Å². The molecule has 1 aromatic heterocycles. The van der Waals surface area contributed by atoms with Crippen molar-refractivity contribution < 1.29 is 0 Å². The zero-order valence-electron chi connectivity index (χ0n) is 8.96. The smallest absolute Gasteiger partial charge is 0.0737 e. The van der Waals surface area contributed by atoms with Crippen LogP contribution in [0.3, 0.4) is 0 Å². The summed E-state index contributed by atoms with van der Waals surface area (Å²) in [7, 11) is 0. The number of rotatable bonds is 1. The minimum atomic E-state index is 1.07. The summed E-state index contributed by atoms with van der Waals surface area (Å²) in [6.45, 7) is 6.37. The third kappa shape index (κ3) is 1.39. The van der Waals surface area contributed by atoms with Gasteiger partial charge in [0.2, 0.25) is 0 Å². The van der Waals surface area contributed by atoms with Gasteiger partial charge >= 0.3 is 0 Å². The van der Waals surface area contributed by atoms with Gasteiger partial charge in [-0.25, -0.2) is 0 Å². The van der Waals surface area contributed by atoms with Crippen molar-refractivity contribution >= 4 is 10.9 Å². The van der Waals surface area contributed by atoms with E-state index in [0.29, 0.717) is 0 Å². The molecule has 0 amide bonds. The molecule has 0 fully saturated rings. The van der Waals surface area contributed by atoms with E-state index in [-0.39, 0.29) is 0 Å². The fourth-order valence-electron chi connectivity index (χ4n) is 1.90. The molecule has 2 rings (SSSR count). The summed E-state index contributed by atoms with van der Waals surface area (Å²) >= 11 is 0. The van der Waals surface area contributed by atoms with E-state index >= 15 is 0 Å². The molecule has 2 aromatic rings. The van der Waals surface area contributed by atoms with Crippen molar-refractivity contribution in [2.75, 3.05) is 0 Å². The highest BCUT2D eigenvalue weighted by molar-refractivity contribution is 5.85. The molecule has 0 aliphatic carbocycles. The van der Waals surface area contributed by atoms with Gasteiger partial charge in [-0.3, -0.25) is 4.98 Å². The van der Waals surface area contributed by atoms with Gasteiger partial charge in [0.25, 0.3) is 0 Å². The molecule has 0 saturated heterocycles. The van der Waals surface area contributed by atoms with Crippen LogP contribution in [0, 0.1) is 13.8 Å². The number of fused-ring (bicyclic) bond motifs is 1. The number of aromatic nitrogens is 1. The molecular weight excluding hydrogens is 170 g/mol. The molecule has 0 aliphatic rings. The molecule has 0 unspecified atom stereocenters. The Labute approximate surface area is 84.8 Å². The first kappa shape index (κ1) is 9.20. The maximum atomic E-state index is 4.58. The van der Waals surface area contributed by atoms with Crippen molar-refractivity contribution in [3.8, 4) is 0 Å². The van der Waals surface area contributed by atoms with Gasteiger partial charge in [0.05, 0.1) is 5.52 Å². The van der Waals surface area contributed by atoms with Crippen LogP contribution in [0.2, 0.25) is 0 Å². The summed E-state index contributed by atoms with van der Waals surface area (Å²) < 4.78 is 0. The lowest BCUT2D eigenvalue weighted by atomic mass is 10.0. The van der Waals surface area contributed by atoms with E-state index in [2.05, 4.69) is 50.0 Å². The van der Waals surface area contributed by atoms with Crippen LogP contribution >= 0.6 is 0 Å². The highest BCUT2D eigenvalue weighted by Gasteiger charge is 2.03. The first-order chi connectivity index (χ1) is 6.72. The fourth-order valence-corrected chi connectivity index (χ4v) is 1.90. The minimum absolute atomic E-state index is 1.07. The summed E-state index contributed by atoms with van der Waals surface area (Å²) in [5.74, 6) is 0. The Morgan fingerprint density at radius 3 is 2.71 bits per heavy atom. The second-order valence-electron chi connectivity index (χ2n) is 3.75. The predicted molar refractivity (Wildman–Crippen MR) is 60.6 cm³/mol. The van der Waals surface area contributed by atoms with Gasteiger partial charge in [-0.15, -0.1) is 0 Å². The molecule has 0 spiro atoms. The third-order valence-corrected chi connectivity index (χ3v) is 2.64.